The molecule has 0 atom stereocenters. The van der Waals surface area contributed by atoms with Gasteiger partial charge in [0.2, 0.25) is 0 Å². The van der Waals surface area contributed by atoms with Gasteiger partial charge in [-0.25, -0.2) is 19.2 Å². The van der Waals surface area contributed by atoms with E-state index in [2.05, 4.69) is 0 Å². The van der Waals surface area contributed by atoms with Crippen molar-refractivity contribution in [2.45, 2.75) is 0 Å². The zero-order chi connectivity index (χ0) is 13.1. The minimum atomic E-state index is -1.26. The molecule has 0 aliphatic heterocycles. The monoisotopic (exact) mass is 322 g/mol. The first-order chi connectivity index (χ1) is 7.25. The maximum Gasteiger partial charge on any atom is 0.328 e. The maximum atomic E-state index is 9.55. The van der Waals surface area contributed by atoms with E-state index in [4.69, 9.17) is 20.4 Å². The molecule has 0 rings (SSSR count). The molecule has 9 heteroatoms. The first-order valence-electron chi connectivity index (χ1n) is 3.53. The summed E-state index contributed by atoms with van der Waals surface area (Å²) in [6.45, 7) is 0. The standard InChI is InChI=1S/2C4H4O4.Zr/c2*5-3(6)1-2-4(7)8;/h2*1-2H,(H,5,6)(H,7,8);/b2*2-1+;. The summed E-state index contributed by atoms with van der Waals surface area (Å²) >= 11 is 0. The van der Waals surface area contributed by atoms with Gasteiger partial charge in [0.1, 0.15) is 0 Å². The van der Waals surface area contributed by atoms with Gasteiger partial charge >= 0.3 is 23.9 Å². The van der Waals surface area contributed by atoms with Crippen LogP contribution in [0.4, 0.5) is 0 Å². The normalized spacial score (nSPS) is 8.94. The molecule has 0 unspecified atom stereocenters. The van der Waals surface area contributed by atoms with Crippen LogP contribution in [-0.4, -0.2) is 44.3 Å². The van der Waals surface area contributed by atoms with Crippen LogP contribution in [0.3, 0.4) is 0 Å². The molecule has 17 heavy (non-hydrogen) atoms. The Balaban J connectivity index is -0.000000218. The Morgan fingerprint density at radius 3 is 0.706 bits per heavy atom. The van der Waals surface area contributed by atoms with E-state index in [9.17, 15) is 19.2 Å². The van der Waals surface area contributed by atoms with Crippen molar-refractivity contribution >= 4 is 23.9 Å². The molecule has 8 nitrogen and oxygen atoms in total. The largest absolute Gasteiger partial charge is 0.478 e. The van der Waals surface area contributed by atoms with E-state index in [0.29, 0.717) is 24.3 Å². The van der Waals surface area contributed by atoms with Crippen molar-refractivity contribution in [1.82, 2.24) is 0 Å². The molecule has 4 N–H and O–H groups in total. The summed E-state index contributed by atoms with van der Waals surface area (Å²) in [5.74, 6) is -5.03. The minimum absolute atomic E-state index is 0. The van der Waals surface area contributed by atoms with Gasteiger partial charge in [0, 0.05) is 50.5 Å². The third kappa shape index (κ3) is 31.4. The zero-order valence-corrected chi connectivity index (χ0v) is 10.7. The van der Waals surface area contributed by atoms with Crippen LogP contribution in [0, 0.1) is 0 Å². The second-order valence-electron chi connectivity index (χ2n) is 2.02. The van der Waals surface area contributed by atoms with Crippen LogP contribution in [0.15, 0.2) is 24.3 Å². The molecule has 0 bridgehead atoms. The van der Waals surface area contributed by atoms with Crippen molar-refractivity contribution in [3.8, 4) is 0 Å². The third-order valence-electron chi connectivity index (χ3n) is 0.737. The first kappa shape index (κ1) is 20.6. The van der Waals surface area contributed by atoms with Gasteiger partial charge in [-0.15, -0.1) is 0 Å². The van der Waals surface area contributed by atoms with E-state index in [1.54, 1.807) is 0 Å². The summed E-state index contributed by atoms with van der Waals surface area (Å²) in [5.41, 5.74) is 0. The second-order valence-corrected chi connectivity index (χ2v) is 2.02. The average Bonchev–Trinajstić information content (AvgIpc) is 2.12. The van der Waals surface area contributed by atoms with E-state index in [1.165, 1.54) is 0 Å². The molecular formula is C8H8O8Zr. The second kappa shape index (κ2) is 12.3. The molecule has 0 heterocycles. The van der Waals surface area contributed by atoms with Crippen molar-refractivity contribution in [3.05, 3.63) is 24.3 Å². The van der Waals surface area contributed by atoms with Crippen LogP contribution in [0.2, 0.25) is 0 Å². The minimum Gasteiger partial charge on any atom is -0.478 e. The molecule has 0 radical (unpaired) electrons. The third-order valence-corrected chi connectivity index (χ3v) is 0.737. The molecule has 0 spiro atoms. The molecule has 0 aromatic heterocycles. The van der Waals surface area contributed by atoms with E-state index < -0.39 is 23.9 Å². The Labute approximate surface area is 114 Å². The molecule has 0 amide bonds. The Morgan fingerprint density at radius 2 is 0.647 bits per heavy atom. The molecular weight excluding hydrogens is 315 g/mol. The number of hydrogen-bond acceptors (Lipinski definition) is 4. The number of carboxylic acid groups (broad SMARTS) is 4. The van der Waals surface area contributed by atoms with Gasteiger partial charge in [0.05, 0.1) is 0 Å². The van der Waals surface area contributed by atoms with E-state index >= 15 is 0 Å². The first-order valence-corrected chi connectivity index (χ1v) is 3.53. The predicted octanol–water partition coefficient (Wildman–Crippen LogP) is -0.579. The predicted molar refractivity (Wildman–Crippen MR) is 48.8 cm³/mol. The van der Waals surface area contributed by atoms with Crippen LogP contribution < -0.4 is 0 Å². The topological polar surface area (TPSA) is 149 Å². The van der Waals surface area contributed by atoms with Crippen molar-refractivity contribution in [1.29, 1.82) is 0 Å². The van der Waals surface area contributed by atoms with Gasteiger partial charge in [-0.05, 0) is 0 Å². The van der Waals surface area contributed by atoms with Crippen LogP contribution in [0.5, 0.6) is 0 Å². The van der Waals surface area contributed by atoms with Crippen molar-refractivity contribution in [3.63, 3.8) is 0 Å². The molecule has 0 aliphatic carbocycles. The molecule has 0 aliphatic rings. The SMILES string of the molecule is O=C(O)/C=C/C(=O)O.O=C(O)/C=C/C(=O)O.[Zr]. The smallest absolute Gasteiger partial charge is 0.328 e. The summed E-state index contributed by atoms with van der Waals surface area (Å²) in [7, 11) is 0. The fourth-order valence-corrected chi connectivity index (χ4v) is 0.285. The summed E-state index contributed by atoms with van der Waals surface area (Å²) in [4.78, 5) is 38.2. The Bertz CT molecular complexity index is 277. The van der Waals surface area contributed by atoms with Gasteiger partial charge in [-0.2, -0.15) is 0 Å². The Kier molecular flexibility index (Phi) is 14.9. The van der Waals surface area contributed by atoms with Gasteiger partial charge in [0.15, 0.2) is 0 Å². The van der Waals surface area contributed by atoms with E-state index in [0.717, 1.165) is 0 Å². The van der Waals surface area contributed by atoms with Gasteiger partial charge in [-0.1, -0.05) is 0 Å². The summed E-state index contributed by atoms with van der Waals surface area (Å²) in [5, 5.41) is 31.2. The summed E-state index contributed by atoms with van der Waals surface area (Å²) in [6, 6.07) is 0. The van der Waals surface area contributed by atoms with Crippen LogP contribution >= 0.6 is 0 Å². The summed E-state index contributed by atoms with van der Waals surface area (Å²) < 4.78 is 0. The molecule has 0 aromatic rings. The Hall–Kier alpha value is -1.76. The number of aliphatic carboxylic acids is 4. The molecule has 0 saturated heterocycles. The molecule has 92 valence electrons. The number of carbonyl (C=O) groups is 4. The van der Waals surface area contributed by atoms with Crippen molar-refractivity contribution in [2.75, 3.05) is 0 Å². The number of rotatable bonds is 4. The van der Waals surface area contributed by atoms with Crippen molar-refractivity contribution < 1.29 is 65.8 Å². The number of hydrogen-bond donors (Lipinski definition) is 4. The zero-order valence-electron chi connectivity index (χ0n) is 8.23. The van der Waals surface area contributed by atoms with Gasteiger partial charge in [-0.3, -0.25) is 0 Å². The van der Waals surface area contributed by atoms with Crippen molar-refractivity contribution in [2.24, 2.45) is 0 Å². The fraction of sp³-hybridized carbons (Fsp3) is 0. The maximum absolute atomic E-state index is 9.55. The van der Waals surface area contributed by atoms with Gasteiger partial charge in [0.25, 0.3) is 0 Å². The van der Waals surface area contributed by atoms with Gasteiger partial charge < -0.3 is 20.4 Å². The Morgan fingerprint density at radius 1 is 0.529 bits per heavy atom. The number of carboxylic acids is 4. The average molecular weight is 323 g/mol. The quantitative estimate of drug-likeness (QED) is 0.502. The fourth-order valence-electron chi connectivity index (χ4n) is 0.285. The van der Waals surface area contributed by atoms with E-state index in [1.807, 2.05) is 0 Å². The van der Waals surface area contributed by atoms with Crippen LogP contribution in [0.1, 0.15) is 0 Å². The molecule has 0 saturated carbocycles. The molecule has 0 aromatic carbocycles. The van der Waals surface area contributed by atoms with Crippen LogP contribution in [0.25, 0.3) is 0 Å². The van der Waals surface area contributed by atoms with Crippen LogP contribution in [-0.2, 0) is 45.4 Å². The molecule has 0 fully saturated rings. The van der Waals surface area contributed by atoms with E-state index in [-0.39, 0.29) is 26.2 Å². The summed E-state index contributed by atoms with van der Waals surface area (Å²) in [6.07, 6.45) is 2.23.